The maximum absolute atomic E-state index is 11.8. The maximum Gasteiger partial charge on any atom is 0.265 e. The smallest absolute Gasteiger partial charge is 0.265 e. The number of rotatable bonds is 7. The summed E-state index contributed by atoms with van der Waals surface area (Å²) in [5.41, 5.74) is 0. The number of ether oxygens (including phenoxy) is 1. The molecule has 0 aliphatic carbocycles. The third-order valence-corrected chi connectivity index (χ3v) is 4.51. The zero-order chi connectivity index (χ0) is 16.0. The van der Waals surface area contributed by atoms with Gasteiger partial charge < -0.3 is 10.1 Å². The molecule has 0 spiro atoms. The molecule has 1 rings (SSSR count). The zero-order valence-electron chi connectivity index (χ0n) is 11.7. The van der Waals surface area contributed by atoms with Gasteiger partial charge in [-0.05, 0) is 31.5 Å². The Bertz CT molecular complexity index is 606. The normalized spacial score (nSPS) is 12.8. The van der Waals surface area contributed by atoms with Gasteiger partial charge in [0.15, 0.2) is 6.10 Å². The molecule has 1 aromatic rings. The number of benzene rings is 1. The van der Waals surface area contributed by atoms with Gasteiger partial charge in [0.25, 0.3) is 15.0 Å². The maximum atomic E-state index is 11.8. The van der Waals surface area contributed by atoms with Crippen molar-refractivity contribution in [1.29, 1.82) is 0 Å². The average Bonchev–Trinajstić information content (AvgIpc) is 2.39. The lowest BCUT2D eigenvalue weighted by molar-refractivity contribution is -0.127. The molecular weight excluding hydrogens is 382 g/mol. The third-order valence-electron chi connectivity index (χ3n) is 2.67. The van der Waals surface area contributed by atoms with Gasteiger partial charge in [-0.2, -0.15) is 0 Å². The fourth-order valence-corrected chi connectivity index (χ4v) is 3.04. The van der Waals surface area contributed by atoms with E-state index >= 15 is 0 Å². The quantitative estimate of drug-likeness (QED) is 0.566. The molecule has 0 radical (unpaired) electrons. The third kappa shape index (κ3) is 5.84. The number of halogens is 2. The highest BCUT2D eigenvalue weighted by atomic mass is 79.9. The molecule has 1 atom stereocenters. The van der Waals surface area contributed by atoms with Crippen molar-refractivity contribution >= 4 is 41.6 Å². The fourth-order valence-electron chi connectivity index (χ4n) is 1.55. The van der Waals surface area contributed by atoms with E-state index in [9.17, 15) is 13.2 Å². The van der Waals surface area contributed by atoms with Crippen LogP contribution in [0.5, 0.6) is 5.75 Å². The second-order valence-electron chi connectivity index (χ2n) is 4.43. The highest BCUT2D eigenvalue weighted by Gasteiger charge is 2.21. The number of unbranched alkanes of at least 4 members (excludes halogenated alkanes) is 1. The van der Waals surface area contributed by atoms with Gasteiger partial charge in [-0.3, -0.25) is 4.79 Å². The van der Waals surface area contributed by atoms with Crippen LogP contribution in [-0.2, 0) is 13.8 Å². The van der Waals surface area contributed by atoms with E-state index in [1.165, 1.54) is 12.1 Å². The Balaban J connectivity index is 2.85. The highest BCUT2D eigenvalue weighted by molar-refractivity contribution is 9.10. The van der Waals surface area contributed by atoms with Crippen molar-refractivity contribution in [1.82, 2.24) is 5.32 Å². The molecule has 5 nitrogen and oxygen atoms in total. The van der Waals surface area contributed by atoms with Crippen LogP contribution in [0.1, 0.15) is 26.7 Å². The lowest BCUT2D eigenvalue weighted by Crippen LogP contribution is -2.37. The summed E-state index contributed by atoms with van der Waals surface area (Å²) in [6.07, 6.45) is 1.02. The molecule has 0 aliphatic heterocycles. The van der Waals surface area contributed by atoms with Crippen LogP contribution in [0.25, 0.3) is 0 Å². The number of nitrogens with one attached hydrogen (secondary N) is 1. The fraction of sp³-hybridized carbons (Fsp3) is 0.462. The molecule has 8 heteroatoms. The van der Waals surface area contributed by atoms with Gasteiger partial charge in [-0.25, -0.2) is 8.42 Å². The van der Waals surface area contributed by atoms with Crippen molar-refractivity contribution in [2.45, 2.75) is 37.7 Å². The van der Waals surface area contributed by atoms with Crippen molar-refractivity contribution in [3.63, 3.8) is 0 Å². The van der Waals surface area contributed by atoms with Crippen LogP contribution in [0.3, 0.4) is 0 Å². The SMILES string of the molecule is CCCCNC(=O)C(C)Oc1ccc(Br)cc1S(=O)(=O)Cl. The Morgan fingerprint density at radius 2 is 2.14 bits per heavy atom. The minimum atomic E-state index is -3.96. The van der Waals surface area contributed by atoms with E-state index in [-0.39, 0.29) is 16.6 Å². The molecule has 1 N–H and O–H groups in total. The predicted molar refractivity (Wildman–Crippen MR) is 85.2 cm³/mol. The number of hydrogen-bond acceptors (Lipinski definition) is 4. The topological polar surface area (TPSA) is 72.5 Å². The van der Waals surface area contributed by atoms with E-state index in [1.54, 1.807) is 13.0 Å². The monoisotopic (exact) mass is 397 g/mol. The van der Waals surface area contributed by atoms with Crippen LogP contribution in [0.2, 0.25) is 0 Å². The van der Waals surface area contributed by atoms with E-state index in [0.717, 1.165) is 12.8 Å². The Morgan fingerprint density at radius 3 is 2.71 bits per heavy atom. The van der Waals surface area contributed by atoms with Gasteiger partial charge in [0, 0.05) is 21.7 Å². The van der Waals surface area contributed by atoms with Gasteiger partial charge in [0.1, 0.15) is 10.6 Å². The molecule has 1 amide bonds. The molecule has 118 valence electrons. The summed E-state index contributed by atoms with van der Waals surface area (Å²) in [4.78, 5) is 11.6. The Hall–Kier alpha value is -0.790. The minimum absolute atomic E-state index is 0.0475. The van der Waals surface area contributed by atoms with Crippen LogP contribution in [-0.4, -0.2) is 27.0 Å². The second kappa shape index (κ2) is 8.00. The van der Waals surface area contributed by atoms with Gasteiger partial charge in [-0.1, -0.05) is 29.3 Å². The van der Waals surface area contributed by atoms with Crippen LogP contribution < -0.4 is 10.1 Å². The molecule has 0 heterocycles. The van der Waals surface area contributed by atoms with E-state index in [4.69, 9.17) is 15.4 Å². The van der Waals surface area contributed by atoms with Crippen molar-refractivity contribution in [3.8, 4) is 5.75 Å². The number of hydrogen-bond donors (Lipinski definition) is 1. The number of carbonyl (C=O) groups excluding carboxylic acids is 1. The van der Waals surface area contributed by atoms with E-state index < -0.39 is 15.2 Å². The second-order valence-corrected chi connectivity index (χ2v) is 7.88. The first kappa shape index (κ1) is 18.3. The molecule has 0 saturated carbocycles. The lowest BCUT2D eigenvalue weighted by atomic mass is 10.3. The molecular formula is C13H17BrClNO4S. The van der Waals surface area contributed by atoms with Crippen molar-refractivity contribution in [2.75, 3.05) is 6.54 Å². The molecule has 1 unspecified atom stereocenters. The van der Waals surface area contributed by atoms with Crippen LogP contribution in [0.15, 0.2) is 27.6 Å². The van der Waals surface area contributed by atoms with Crippen molar-refractivity contribution in [3.05, 3.63) is 22.7 Å². The first-order valence-corrected chi connectivity index (χ1v) is 9.54. The Morgan fingerprint density at radius 1 is 1.48 bits per heavy atom. The summed E-state index contributed by atoms with van der Waals surface area (Å²) >= 11 is 3.17. The number of carbonyl (C=O) groups is 1. The van der Waals surface area contributed by atoms with Crippen LogP contribution in [0, 0.1) is 0 Å². The van der Waals surface area contributed by atoms with Gasteiger partial charge in [0.2, 0.25) is 0 Å². The van der Waals surface area contributed by atoms with Crippen molar-refractivity contribution in [2.24, 2.45) is 0 Å². The average molecular weight is 399 g/mol. The molecule has 0 saturated heterocycles. The van der Waals surface area contributed by atoms with Crippen LogP contribution in [0.4, 0.5) is 0 Å². The molecule has 0 aromatic heterocycles. The lowest BCUT2D eigenvalue weighted by Gasteiger charge is -2.16. The Labute approximate surface area is 137 Å². The zero-order valence-corrected chi connectivity index (χ0v) is 14.9. The summed E-state index contributed by atoms with van der Waals surface area (Å²) in [5, 5.41) is 2.72. The summed E-state index contributed by atoms with van der Waals surface area (Å²) in [5.74, 6) is -0.254. The van der Waals surface area contributed by atoms with E-state index in [0.29, 0.717) is 11.0 Å². The summed E-state index contributed by atoms with van der Waals surface area (Å²) < 4.78 is 29.0. The molecule has 0 bridgehead atoms. The Kier molecular flexibility index (Phi) is 6.96. The highest BCUT2D eigenvalue weighted by Crippen LogP contribution is 2.30. The van der Waals surface area contributed by atoms with E-state index in [2.05, 4.69) is 21.2 Å². The van der Waals surface area contributed by atoms with E-state index in [1.807, 2.05) is 6.92 Å². The van der Waals surface area contributed by atoms with Gasteiger partial charge in [0.05, 0.1) is 0 Å². The summed E-state index contributed by atoms with van der Waals surface area (Å²) in [7, 11) is 1.41. The van der Waals surface area contributed by atoms with Gasteiger partial charge in [-0.15, -0.1) is 0 Å². The first-order valence-electron chi connectivity index (χ1n) is 6.44. The molecule has 21 heavy (non-hydrogen) atoms. The van der Waals surface area contributed by atoms with Gasteiger partial charge >= 0.3 is 0 Å². The molecule has 1 aromatic carbocycles. The standard InChI is InChI=1S/C13H17BrClNO4S/c1-3-4-7-16-13(17)9(2)20-11-6-5-10(14)8-12(11)21(15,18)19/h5-6,8-9H,3-4,7H2,1-2H3,(H,16,17). The summed E-state index contributed by atoms with van der Waals surface area (Å²) in [6.45, 7) is 4.13. The van der Waals surface area contributed by atoms with Crippen LogP contribution >= 0.6 is 26.6 Å². The van der Waals surface area contributed by atoms with Crippen molar-refractivity contribution < 1.29 is 17.9 Å². The minimum Gasteiger partial charge on any atom is -0.479 e. The predicted octanol–water partition coefficient (Wildman–Crippen LogP) is 3.06. The first-order chi connectivity index (χ1) is 9.75. The molecule has 0 aliphatic rings. The largest absolute Gasteiger partial charge is 0.479 e. The molecule has 0 fully saturated rings. The number of amides is 1. The summed E-state index contributed by atoms with van der Waals surface area (Å²) in [6, 6.07) is 4.40.